The SMILES string of the molecule is CC(=O)O.CCOc1ccc2cc(OCC)c(C=C3SC(Nc4cc[c]([Na])cc4)=NC3=O)cc2c1. The Morgan fingerprint density at radius 2 is 1.74 bits per heavy atom. The van der Waals surface area contributed by atoms with Gasteiger partial charge in [-0.25, -0.2) is 0 Å². The van der Waals surface area contributed by atoms with Gasteiger partial charge in [-0.2, -0.15) is 0 Å². The molecule has 176 valence electrons. The Balaban J connectivity index is 0.000000795. The van der Waals surface area contributed by atoms with Crippen molar-refractivity contribution in [3.05, 3.63) is 65.1 Å². The van der Waals surface area contributed by atoms with Crippen LogP contribution >= 0.6 is 11.8 Å². The molecule has 35 heavy (non-hydrogen) atoms. The Labute approximate surface area is 226 Å². The number of fused-ring (bicyclic) bond motifs is 1. The summed E-state index contributed by atoms with van der Waals surface area (Å²) in [6, 6.07) is 18.2. The van der Waals surface area contributed by atoms with E-state index < -0.39 is 5.97 Å². The van der Waals surface area contributed by atoms with Gasteiger partial charge in [0, 0.05) is 6.92 Å². The predicted molar refractivity (Wildman–Crippen MR) is 143 cm³/mol. The Hall–Kier alpha value is -2.78. The molecule has 3 aromatic rings. The van der Waals surface area contributed by atoms with E-state index in [2.05, 4.69) is 22.4 Å². The molecule has 0 aromatic heterocycles. The first-order chi connectivity index (χ1) is 16.8. The van der Waals surface area contributed by atoms with Gasteiger partial charge in [0.2, 0.25) is 0 Å². The van der Waals surface area contributed by atoms with E-state index >= 15 is 0 Å². The molecule has 0 fully saturated rings. The number of rotatable bonds is 6. The smallest absolute Gasteiger partial charge is 0.0121 e. The first kappa shape index (κ1) is 26.8. The van der Waals surface area contributed by atoms with Gasteiger partial charge in [-0.1, -0.05) is 6.07 Å². The van der Waals surface area contributed by atoms with Crippen molar-refractivity contribution < 1.29 is 24.2 Å². The summed E-state index contributed by atoms with van der Waals surface area (Å²) in [5.41, 5.74) is 1.76. The summed E-state index contributed by atoms with van der Waals surface area (Å²) in [7, 11) is 0. The molecule has 1 heterocycles. The molecular weight excluding hydrogens is 475 g/mol. The number of carbonyl (C=O) groups is 2. The van der Waals surface area contributed by atoms with Crippen LogP contribution in [0.2, 0.25) is 0 Å². The third-order valence-electron chi connectivity index (χ3n) is 4.76. The number of ether oxygens (including phenoxy) is 2. The molecule has 4 rings (SSSR count). The van der Waals surface area contributed by atoms with E-state index in [0.717, 1.165) is 68.4 Å². The first-order valence-electron chi connectivity index (χ1n) is 11.2. The molecule has 9 heteroatoms. The summed E-state index contributed by atoms with van der Waals surface area (Å²) < 4.78 is 12.8. The number of thioether (sulfide) groups is 1. The molecule has 2 N–H and O–H groups in total. The number of nitrogens with one attached hydrogen (secondary N) is 1. The van der Waals surface area contributed by atoms with E-state index in [-0.39, 0.29) is 5.91 Å². The molecule has 0 bridgehead atoms. The Kier molecular flexibility index (Phi) is 9.80. The van der Waals surface area contributed by atoms with Crippen LogP contribution in [0, 0.1) is 0 Å². The fourth-order valence-electron chi connectivity index (χ4n) is 3.29. The van der Waals surface area contributed by atoms with Crippen molar-refractivity contribution in [2.24, 2.45) is 4.99 Å². The summed E-state index contributed by atoms with van der Waals surface area (Å²) in [5, 5.41) is 13.3. The summed E-state index contributed by atoms with van der Waals surface area (Å²) >= 11 is 2.34. The van der Waals surface area contributed by atoms with E-state index in [1.165, 1.54) is 14.6 Å². The number of aliphatic carboxylic acids is 1. The van der Waals surface area contributed by atoms with Crippen LogP contribution in [0.5, 0.6) is 11.5 Å². The number of anilines is 1. The molecular formula is C26H25N2NaO5S. The fourth-order valence-corrected chi connectivity index (χ4v) is 4.44. The number of amidine groups is 1. The normalized spacial score (nSPS) is 13.8. The first-order valence-corrected chi connectivity index (χ1v) is 13.0. The van der Waals surface area contributed by atoms with E-state index in [0.29, 0.717) is 23.3 Å². The third-order valence-corrected chi connectivity index (χ3v) is 6.33. The average molecular weight is 501 g/mol. The molecule has 1 aliphatic rings. The number of hydrogen-bond acceptors (Lipinski definition) is 6. The third kappa shape index (κ3) is 7.86. The van der Waals surface area contributed by atoms with Crippen molar-refractivity contribution in [1.29, 1.82) is 0 Å². The van der Waals surface area contributed by atoms with Crippen molar-refractivity contribution in [1.82, 2.24) is 0 Å². The van der Waals surface area contributed by atoms with Gasteiger partial charge in [0.1, 0.15) is 5.75 Å². The van der Waals surface area contributed by atoms with Crippen molar-refractivity contribution >= 4 is 82.1 Å². The minimum Gasteiger partial charge on any atom is -0.0121 e. The number of nitrogens with zero attached hydrogens (tertiary/aromatic N) is 1. The van der Waals surface area contributed by atoms with Gasteiger partial charge in [0.05, 0.1) is 13.2 Å². The van der Waals surface area contributed by atoms with Crippen LogP contribution in [0.4, 0.5) is 5.69 Å². The van der Waals surface area contributed by atoms with Crippen LogP contribution in [0.1, 0.15) is 26.3 Å². The summed E-state index contributed by atoms with van der Waals surface area (Å²) in [6.07, 6.45) is 1.85. The van der Waals surface area contributed by atoms with Gasteiger partial charge in [0.15, 0.2) is 0 Å². The minimum absolute atomic E-state index is 0.252. The number of benzene rings is 3. The van der Waals surface area contributed by atoms with Crippen LogP contribution in [0.3, 0.4) is 0 Å². The number of carbonyl (C=O) groups excluding carboxylic acids is 1. The second-order valence-electron chi connectivity index (χ2n) is 7.61. The minimum atomic E-state index is -0.833. The standard InChI is InChI=1S/C24H21N2O3S.C2H4O2.Na/c1-3-28-20-11-10-16-14-21(29-4-2)18(12-17(16)13-20)15-22-23(27)26-24(30-22)25-19-8-6-5-7-9-19;1-2(3)4;/h6-15H,3-4H2,1-2H3,(H,25,26,27);1H3,(H,3,4);. The Morgan fingerprint density at radius 1 is 1.06 bits per heavy atom. The van der Waals surface area contributed by atoms with Crippen LogP contribution in [-0.2, 0) is 9.59 Å². The van der Waals surface area contributed by atoms with Crippen LogP contribution in [-0.4, -0.2) is 63.3 Å². The summed E-state index contributed by atoms with van der Waals surface area (Å²) in [5.74, 6) is 0.474. The molecule has 3 aromatic carbocycles. The van der Waals surface area contributed by atoms with E-state index in [4.69, 9.17) is 19.4 Å². The Morgan fingerprint density at radius 3 is 2.40 bits per heavy atom. The van der Waals surface area contributed by atoms with Gasteiger partial charge in [-0.05, 0) is 31.4 Å². The number of carboxylic acid groups (broad SMARTS) is 1. The molecule has 0 unspecified atom stereocenters. The molecule has 7 nitrogen and oxygen atoms in total. The van der Waals surface area contributed by atoms with Crippen molar-refractivity contribution in [3.63, 3.8) is 0 Å². The van der Waals surface area contributed by atoms with Crippen molar-refractivity contribution in [2.45, 2.75) is 20.8 Å². The molecule has 1 aliphatic heterocycles. The van der Waals surface area contributed by atoms with E-state index in [1.807, 2.05) is 62.4 Å². The number of aliphatic imine (C=N–C) groups is 1. The molecule has 0 atom stereocenters. The number of carboxylic acids is 1. The van der Waals surface area contributed by atoms with Gasteiger partial charge in [0.25, 0.3) is 5.97 Å². The fraction of sp³-hybridized carbons (Fsp3) is 0.192. The summed E-state index contributed by atoms with van der Waals surface area (Å²) in [4.78, 5) is 26.3. The molecule has 0 saturated carbocycles. The number of hydrogen-bond donors (Lipinski definition) is 2. The van der Waals surface area contributed by atoms with Gasteiger partial charge in [-0.3, -0.25) is 4.79 Å². The second-order valence-corrected chi connectivity index (χ2v) is 9.79. The van der Waals surface area contributed by atoms with Gasteiger partial charge in [-0.15, -0.1) is 0 Å². The van der Waals surface area contributed by atoms with Crippen molar-refractivity contribution in [2.75, 3.05) is 18.5 Å². The van der Waals surface area contributed by atoms with Crippen molar-refractivity contribution in [3.8, 4) is 11.5 Å². The maximum absolute atomic E-state index is 12.5. The van der Waals surface area contributed by atoms with E-state index in [1.54, 1.807) is 0 Å². The maximum atomic E-state index is 12.5. The number of amides is 1. The average Bonchev–Trinajstić information content (AvgIpc) is 3.14. The zero-order valence-electron chi connectivity index (χ0n) is 20.1. The molecule has 1 amide bonds. The molecule has 0 aliphatic carbocycles. The monoisotopic (exact) mass is 500 g/mol. The van der Waals surface area contributed by atoms with Gasteiger partial charge < -0.3 is 9.84 Å². The molecule has 0 saturated heterocycles. The zero-order valence-corrected chi connectivity index (χ0v) is 22.9. The van der Waals surface area contributed by atoms with Crippen LogP contribution < -0.4 is 17.6 Å². The summed E-state index contributed by atoms with van der Waals surface area (Å²) in [6.45, 7) is 6.15. The van der Waals surface area contributed by atoms with E-state index in [9.17, 15) is 4.79 Å². The predicted octanol–water partition coefficient (Wildman–Crippen LogP) is 4.60. The van der Waals surface area contributed by atoms with Crippen LogP contribution in [0.15, 0.2) is 64.5 Å². The topological polar surface area (TPSA) is 97.2 Å². The Bertz CT molecular complexity index is 1280. The van der Waals surface area contributed by atoms with Gasteiger partial charge >= 0.3 is 143 Å². The quantitative estimate of drug-likeness (QED) is 0.377. The molecule has 0 spiro atoms. The second kappa shape index (κ2) is 12.8. The van der Waals surface area contributed by atoms with Crippen LogP contribution in [0.25, 0.3) is 16.8 Å². The molecule has 0 radical (unpaired) electrons. The zero-order chi connectivity index (χ0) is 25.4.